The van der Waals surface area contributed by atoms with E-state index in [-0.39, 0.29) is 18.6 Å². The topological polar surface area (TPSA) is 32.7 Å². The largest absolute Gasteiger partial charge is 0.500 e. The van der Waals surface area contributed by atoms with Crippen LogP contribution in [0.15, 0.2) is 12.3 Å². The number of ether oxygens (including phenoxy) is 1. The molecule has 0 rings (SSSR count). The molecule has 0 aromatic rings. The average Bonchev–Trinajstić information content (AvgIpc) is 2.16. The zero-order valence-corrected chi connectivity index (χ0v) is 9.08. The molecule has 13 heavy (non-hydrogen) atoms. The fourth-order valence-electron chi connectivity index (χ4n) is 1.41. The minimum Gasteiger partial charge on any atom is -0.500 e. The van der Waals surface area contributed by atoms with E-state index in [1.807, 2.05) is 14.0 Å². The molecule has 1 N–H and O–H groups in total. The molecule has 2 unspecified atom stereocenters. The van der Waals surface area contributed by atoms with Crippen molar-refractivity contribution in [2.24, 2.45) is 5.92 Å². The van der Waals surface area contributed by atoms with Crippen LogP contribution in [0.5, 0.6) is 0 Å². The smallest absolute Gasteiger partial charge is 0.106 e. The summed E-state index contributed by atoms with van der Waals surface area (Å²) in [5.74, 6) is 0.864. The van der Waals surface area contributed by atoms with E-state index in [0.29, 0.717) is 5.76 Å². The Kier molecular flexibility index (Phi) is 5.75. The van der Waals surface area contributed by atoms with Crippen LogP contribution in [-0.2, 0) is 4.74 Å². The van der Waals surface area contributed by atoms with Gasteiger partial charge in [-0.25, -0.2) is 0 Å². The van der Waals surface area contributed by atoms with Gasteiger partial charge in [-0.05, 0) is 13.6 Å². The van der Waals surface area contributed by atoms with E-state index >= 15 is 0 Å². The standard InChI is InChI=1S/C10H21NO2/c1-6-11(4)10(8(2)7-12)9(3)13-5/h8,10,12H,3,6-7H2,1-2,4-5H3. The molecule has 3 heteroatoms. The lowest BCUT2D eigenvalue weighted by Gasteiger charge is -2.31. The summed E-state index contributed by atoms with van der Waals surface area (Å²) >= 11 is 0. The highest BCUT2D eigenvalue weighted by atomic mass is 16.5. The second-order valence-corrected chi connectivity index (χ2v) is 3.35. The molecular weight excluding hydrogens is 166 g/mol. The molecule has 2 atom stereocenters. The van der Waals surface area contributed by atoms with Crippen molar-refractivity contribution in [3.05, 3.63) is 12.3 Å². The van der Waals surface area contributed by atoms with E-state index in [2.05, 4.69) is 18.4 Å². The molecule has 0 heterocycles. The van der Waals surface area contributed by atoms with Gasteiger partial charge in [0.15, 0.2) is 0 Å². The van der Waals surface area contributed by atoms with Crippen molar-refractivity contribution in [2.75, 3.05) is 27.3 Å². The van der Waals surface area contributed by atoms with Crippen LogP contribution in [0.1, 0.15) is 13.8 Å². The Morgan fingerprint density at radius 3 is 2.46 bits per heavy atom. The van der Waals surface area contributed by atoms with Crippen LogP contribution in [0.3, 0.4) is 0 Å². The molecule has 0 amide bonds. The predicted molar refractivity (Wildman–Crippen MR) is 54.5 cm³/mol. The maximum Gasteiger partial charge on any atom is 0.106 e. The quantitative estimate of drug-likeness (QED) is 0.632. The normalized spacial score (nSPS) is 15.5. The highest BCUT2D eigenvalue weighted by Gasteiger charge is 2.23. The third kappa shape index (κ3) is 3.36. The Morgan fingerprint density at radius 1 is 1.62 bits per heavy atom. The van der Waals surface area contributed by atoms with Crippen molar-refractivity contribution in [2.45, 2.75) is 19.9 Å². The fourth-order valence-corrected chi connectivity index (χ4v) is 1.41. The van der Waals surface area contributed by atoms with Gasteiger partial charge in [0.05, 0.1) is 13.2 Å². The Labute approximate surface area is 81.0 Å². The average molecular weight is 187 g/mol. The summed E-state index contributed by atoms with van der Waals surface area (Å²) in [5, 5.41) is 9.07. The van der Waals surface area contributed by atoms with Gasteiger partial charge in [-0.15, -0.1) is 0 Å². The van der Waals surface area contributed by atoms with E-state index in [0.717, 1.165) is 6.54 Å². The van der Waals surface area contributed by atoms with Crippen molar-refractivity contribution in [1.82, 2.24) is 4.90 Å². The van der Waals surface area contributed by atoms with E-state index in [1.54, 1.807) is 7.11 Å². The molecular formula is C10H21NO2. The van der Waals surface area contributed by atoms with Crippen molar-refractivity contribution >= 4 is 0 Å². The molecule has 0 aliphatic heterocycles. The van der Waals surface area contributed by atoms with Gasteiger partial charge in [-0.3, -0.25) is 4.90 Å². The summed E-state index contributed by atoms with van der Waals surface area (Å²) in [7, 11) is 3.62. The summed E-state index contributed by atoms with van der Waals surface area (Å²) in [5.41, 5.74) is 0. The molecule has 0 saturated heterocycles. The molecule has 0 saturated carbocycles. The SMILES string of the molecule is C=C(OC)C(C(C)CO)N(C)CC. The second-order valence-electron chi connectivity index (χ2n) is 3.35. The van der Waals surface area contributed by atoms with Crippen LogP contribution in [0.2, 0.25) is 0 Å². The van der Waals surface area contributed by atoms with Gasteiger partial charge < -0.3 is 9.84 Å². The minimum absolute atomic E-state index is 0.0972. The number of likely N-dealkylation sites (N-methyl/N-ethyl adjacent to an activating group) is 1. The van der Waals surface area contributed by atoms with Gasteiger partial charge in [-0.1, -0.05) is 20.4 Å². The summed E-state index contributed by atoms with van der Waals surface area (Å²) < 4.78 is 5.11. The van der Waals surface area contributed by atoms with Crippen LogP contribution in [-0.4, -0.2) is 43.4 Å². The maximum absolute atomic E-state index is 9.07. The molecule has 0 aliphatic rings. The van der Waals surface area contributed by atoms with Gasteiger partial charge in [0.1, 0.15) is 5.76 Å². The van der Waals surface area contributed by atoms with Gasteiger partial charge in [-0.2, -0.15) is 0 Å². The Balaban J connectivity index is 4.44. The minimum atomic E-state index is 0.0972. The number of rotatable bonds is 6. The molecule has 0 radical (unpaired) electrons. The van der Waals surface area contributed by atoms with E-state index in [4.69, 9.17) is 9.84 Å². The van der Waals surface area contributed by atoms with Gasteiger partial charge in [0.2, 0.25) is 0 Å². The maximum atomic E-state index is 9.07. The molecule has 0 spiro atoms. The number of aliphatic hydroxyl groups excluding tert-OH is 1. The van der Waals surface area contributed by atoms with Crippen LogP contribution >= 0.6 is 0 Å². The third-order valence-corrected chi connectivity index (χ3v) is 2.39. The Bertz CT molecular complexity index is 149. The Morgan fingerprint density at radius 2 is 2.15 bits per heavy atom. The number of nitrogens with zero attached hydrogens (tertiary/aromatic N) is 1. The zero-order valence-electron chi connectivity index (χ0n) is 9.08. The first-order valence-corrected chi connectivity index (χ1v) is 4.62. The zero-order chi connectivity index (χ0) is 10.4. The highest BCUT2D eigenvalue weighted by molar-refractivity contribution is 4.99. The van der Waals surface area contributed by atoms with E-state index in [1.165, 1.54) is 0 Å². The fraction of sp³-hybridized carbons (Fsp3) is 0.800. The molecule has 0 aliphatic carbocycles. The van der Waals surface area contributed by atoms with Crippen molar-refractivity contribution in [3.63, 3.8) is 0 Å². The van der Waals surface area contributed by atoms with Gasteiger partial charge >= 0.3 is 0 Å². The summed E-state index contributed by atoms with van der Waals surface area (Å²) in [4.78, 5) is 2.12. The lowest BCUT2D eigenvalue weighted by atomic mass is 10.0. The number of hydrogen-bond acceptors (Lipinski definition) is 3. The molecule has 0 aromatic heterocycles. The number of aliphatic hydroxyl groups is 1. The van der Waals surface area contributed by atoms with Crippen molar-refractivity contribution in [3.8, 4) is 0 Å². The van der Waals surface area contributed by atoms with E-state index in [9.17, 15) is 0 Å². The molecule has 3 nitrogen and oxygen atoms in total. The highest BCUT2D eigenvalue weighted by Crippen LogP contribution is 2.16. The van der Waals surface area contributed by atoms with Crippen molar-refractivity contribution in [1.29, 1.82) is 0 Å². The Hall–Kier alpha value is -0.540. The van der Waals surface area contributed by atoms with Crippen LogP contribution in [0.4, 0.5) is 0 Å². The molecule has 0 bridgehead atoms. The van der Waals surface area contributed by atoms with E-state index < -0.39 is 0 Å². The first-order chi connectivity index (χ1) is 6.08. The third-order valence-electron chi connectivity index (χ3n) is 2.39. The lowest BCUT2D eigenvalue weighted by molar-refractivity contribution is 0.106. The monoisotopic (exact) mass is 187 g/mol. The summed E-state index contributed by atoms with van der Waals surface area (Å²) in [6.45, 7) is 8.96. The summed E-state index contributed by atoms with van der Waals surface area (Å²) in [6.07, 6.45) is 0. The first kappa shape index (κ1) is 12.5. The van der Waals surface area contributed by atoms with Crippen LogP contribution < -0.4 is 0 Å². The molecule has 78 valence electrons. The summed E-state index contributed by atoms with van der Waals surface area (Å²) in [6, 6.07) is 0.0972. The van der Waals surface area contributed by atoms with Gasteiger partial charge in [0, 0.05) is 12.5 Å². The predicted octanol–water partition coefficient (Wildman–Crippen LogP) is 1.10. The lowest BCUT2D eigenvalue weighted by Crippen LogP contribution is -2.40. The van der Waals surface area contributed by atoms with Crippen LogP contribution in [0, 0.1) is 5.92 Å². The number of hydrogen-bond donors (Lipinski definition) is 1. The molecule has 0 aromatic carbocycles. The number of methoxy groups -OCH3 is 1. The van der Waals surface area contributed by atoms with Gasteiger partial charge in [0.25, 0.3) is 0 Å². The van der Waals surface area contributed by atoms with Crippen molar-refractivity contribution < 1.29 is 9.84 Å². The second kappa shape index (κ2) is 6.00. The van der Waals surface area contributed by atoms with Crippen LogP contribution in [0.25, 0.3) is 0 Å². The first-order valence-electron chi connectivity index (χ1n) is 4.62. The molecule has 0 fully saturated rings.